The molecule has 0 atom stereocenters. The number of benzene rings is 3. The SMILES string of the molecule is CN(C)c1ccc(/C=C2\Oc3cc(OC(=O)c4ccc(F)cc4)ccc3C2=O)cc1. The van der Waals surface area contributed by atoms with Gasteiger partial charge in [0.05, 0.1) is 11.1 Å². The maximum atomic E-state index is 13.0. The lowest BCUT2D eigenvalue weighted by Crippen LogP contribution is -2.08. The second-order valence-electron chi connectivity index (χ2n) is 6.98. The number of hydrogen-bond acceptors (Lipinski definition) is 5. The number of allylic oxidation sites excluding steroid dienone is 1. The summed E-state index contributed by atoms with van der Waals surface area (Å²) in [6, 6.07) is 17.3. The van der Waals surface area contributed by atoms with Crippen LogP contribution in [-0.2, 0) is 0 Å². The van der Waals surface area contributed by atoms with Crippen LogP contribution < -0.4 is 14.4 Å². The zero-order chi connectivity index (χ0) is 21.3. The van der Waals surface area contributed by atoms with Gasteiger partial charge in [-0.25, -0.2) is 9.18 Å². The second kappa shape index (κ2) is 7.83. The summed E-state index contributed by atoms with van der Waals surface area (Å²) in [6.45, 7) is 0. The van der Waals surface area contributed by atoms with E-state index in [1.54, 1.807) is 12.1 Å². The largest absolute Gasteiger partial charge is 0.452 e. The Hall–Kier alpha value is -3.93. The van der Waals surface area contributed by atoms with Gasteiger partial charge in [-0.1, -0.05) is 12.1 Å². The summed E-state index contributed by atoms with van der Waals surface area (Å²) in [7, 11) is 3.91. The Balaban J connectivity index is 1.52. The van der Waals surface area contributed by atoms with E-state index in [9.17, 15) is 14.0 Å². The number of nitrogens with zero attached hydrogens (tertiary/aromatic N) is 1. The lowest BCUT2D eigenvalue weighted by Gasteiger charge is -2.11. The summed E-state index contributed by atoms with van der Waals surface area (Å²) in [5.74, 6) is -0.557. The summed E-state index contributed by atoms with van der Waals surface area (Å²) in [5.41, 5.74) is 2.50. The van der Waals surface area contributed by atoms with Crippen molar-refractivity contribution in [2.75, 3.05) is 19.0 Å². The number of rotatable bonds is 4. The summed E-state index contributed by atoms with van der Waals surface area (Å²) in [6.07, 6.45) is 1.67. The second-order valence-corrected chi connectivity index (χ2v) is 6.98. The summed E-state index contributed by atoms with van der Waals surface area (Å²) < 4.78 is 24.0. The molecule has 6 heteroatoms. The first kappa shape index (κ1) is 19.4. The van der Waals surface area contributed by atoms with E-state index in [0.717, 1.165) is 11.3 Å². The van der Waals surface area contributed by atoms with Gasteiger partial charge in [-0.15, -0.1) is 0 Å². The van der Waals surface area contributed by atoms with Crippen LogP contribution in [0, 0.1) is 5.82 Å². The van der Waals surface area contributed by atoms with Gasteiger partial charge < -0.3 is 14.4 Å². The average Bonchev–Trinajstić information content (AvgIpc) is 3.03. The molecule has 5 nitrogen and oxygen atoms in total. The van der Waals surface area contributed by atoms with E-state index < -0.39 is 11.8 Å². The van der Waals surface area contributed by atoms with Crippen molar-refractivity contribution in [1.29, 1.82) is 0 Å². The van der Waals surface area contributed by atoms with Gasteiger partial charge in [-0.3, -0.25) is 4.79 Å². The van der Waals surface area contributed by atoms with Crippen LogP contribution in [0.15, 0.2) is 72.5 Å². The Morgan fingerprint density at radius 2 is 1.70 bits per heavy atom. The molecule has 1 aliphatic heterocycles. The molecule has 0 N–H and O–H groups in total. The number of fused-ring (bicyclic) bond motifs is 1. The number of hydrogen-bond donors (Lipinski definition) is 0. The van der Waals surface area contributed by atoms with Gasteiger partial charge in [0.1, 0.15) is 17.3 Å². The standard InChI is InChI=1S/C24H18FNO4/c1-26(2)18-9-3-15(4-10-18)13-22-23(27)20-12-11-19(14-21(20)30-22)29-24(28)16-5-7-17(25)8-6-16/h3-14H,1-2H3/b22-13-. The molecule has 0 aliphatic carbocycles. The summed E-state index contributed by atoms with van der Waals surface area (Å²) >= 11 is 0. The number of ketones is 1. The van der Waals surface area contributed by atoms with E-state index in [0.29, 0.717) is 11.3 Å². The molecule has 1 aliphatic rings. The van der Waals surface area contributed by atoms with Crippen LogP contribution in [0.3, 0.4) is 0 Å². The summed E-state index contributed by atoms with van der Waals surface area (Å²) in [4.78, 5) is 26.8. The zero-order valence-electron chi connectivity index (χ0n) is 16.4. The van der Waals surface area contributed by atoms with Crippen LogP contribution in [0.1, 0.15) is 26.3 Å². The third-order valence-electron chi connectivity index (χ3n) is 4.64. The molecule has 0 fully saturated rings. The predicted octanol–water partition coefficient (Wildman–Crippen LogP) is 4.73. The van der Waals surface area contributed by atoms with Crippen molar-refractivity contribution in [1.82, 2.24) is 0 Å². The van der Waals surface area contributed by atoms with Crippen molar-refractivity contribution >= 4 is 23.5 Å². The minimum absolute atomic E-state index is 0.199. The van der Waals surface area contributed by atoms with Crippen LogP contribution in [-0.4, -0.2) is 25.8 Å². The number of ether oxygens (including phenoxy) is 2. The molecular formula is C24H18FNO4. The molecule has 1 heterocycles. The van der Waals surface area contributed by atoms with Crippen molar-refractivity contribution in [3.8, 4) is 11.5 Å². The normalized spacial score (nSPS) is 13.7. The zero-order valence-corrected chi connectivity index (χ0v) is 16.4. The molecule has 3 aromatic rings. The maximum absolute atomic E-state index is 13.0. The fourth-order valence-electron chi connectivity index (χ4n) is 3.00. The van der Waals surface area contributed by atoms with E-state index in [1.165, 1.54) is 36.4 Å². The van der Waals surface area contributed by atoms with E-state index in [4.69, 9.17) is 9.47 Å². The average molecular weight is 403 g/mol. The number of halogens is 1. The maximum Gasteiger partial charge on any atom is 0.343 e. The molecule has 0 radical (unpaired) electrons. The van der Waals surface area contributed by atoms with Gasteiger partial charge in [0.2, 0.25) is 5.78 Å². The first-order valence-corrected chi connectivity index (χ1v) is 9.24. The number of anilines is 1. The molecule has 150 valence electrons. The highest BCUT2D eigenvalue weighted by molar-refractivity contribution is 6.14. The molecule has 0 saturated carbocycles. The number of carbonyl (C=O) groups is 2. The minimum atomic E-state index is -0.629. The molecule has 0 spiro atoms. The minimum Gasteiger partial charge on any atom is -0.452 e. The first-order chi connectivity index (χ1) is 14.4. The molecule has 4 rings (SSSR count). The van der Waals surface area contributed by atoms with E-state index in [2.05, 4.69) is 0 Å². The van der Waals surface area contributed by atoms with Gasteiger partial charge >= 0.3 is 5.97 Å². The van der Waals surface area contributed by atoms with Crippen LogP contribution >= 0.6 is 0 Å². The molecule has 0 unspecified atom stereocenters. The molecule has 3 aromatic carbocycles. The quantitative estimate of drug-likeness (QED) is 0.358. The van der Waals surface area contributed by atoms with Crippen molar-refractivity contribution in [2.45, 2.75) is 0 Å². The van der Waals surface area contributed by atoms with Crippen LogP contribution in [0.5, 0.6) is 11.5 Å². The van der Waals surface area contributed by atoms with Gasteiger partial charge in [0, 0.05) is 25.8 Å². The van der Waals surface area contributed by atoms with Gasteiger partial charge in [-0.05, 0) is 60.2 Å². The molecule has 0 amide bonds. The third-order valence-corrected chi connectivity index (χ3v) is 4.64. The highest BCUT2D eigenvalue weighted by atomic mass is 19.1. The monoisotopic (exact) mass is 403 g/mol. The summed E-state index contributed by atoms with van der Waals surface area (Å²) in [5, 5.41) is 0. The van der Waals surface area contributed by atoms with Crippen molar-refractivity contribution in [3.05, 3.63) is 95.0 Å². The van der Waals surface area contributed by atoms with E-state index in [1.807, 2.05) is 43.3 Å². The lowest BCUT2D eigenvalue weighted by atomic mass is 10.1. The Bertz CT molecular complexity index is 1150. The molecule has 0 saturated heterocycles. The Morgan fingerprint density at radius 1 is 1.00 bits per heavy atom. The van der Waals surface area contributed by atoms with E-state index in [-0.39, 0.29) is 22.9 Å². The van der Waals surface area contributed by atoms with Crippen molar-refractivity contribution in [2.24, 2.45) is 0 Å². The molecule has 30 heavy (non-hydrogen) atoms. The van der Waals surface area contributed by atoms with Crippen LogP contribution in [0.2, 0.25) is 0 Å². The highest BCUT2D eigenvalue weighted by Crippen LogP contribution is 2.35. The smallest absolute Gasteiger partial charge is 0.343 e. The van der Waals surface area contributed by atoms with Crippen molar-refractivity contribution in [3.63, 3.8) is 0 Å². The fourth-order valence-corrected chi connectivity index (χ4v) is 3.00. The molecular weight excluding hydrogens is 385 g/mol. The third kappa shape index (κ3) is 3.93. The van der Waals surface area contributed by atoms with Gasteiger partial charge in [-0.2, -0.15) is 0 Å². The van der Waals surface area contributed by atoms with Crippen LogP contribution in [0.25, 0.3) is 6.08 Å². The lowest BCUT2D eigenvalue weighted by molar-refractivity contribution is 0.0734. The van der Waals surface area contributed by atoms with Gasteiger partial charge in [0.15, 0.2) is 5.76 Å². The predicted molar refractivity (Wildman–Crippen MR) is 112 cm³/mol. The topological polar surface area (TPSA) is 55.8 Å². The fraction of sp³-hybridized carbons (Fsp3) is 0.0833. The van der Waals surface area contributed by atoms with Crippen molar-refractivity contribution < 1.29 is 23.5 Å². The number of carbonyl (C=O) groups excluding carboxylic acids is 2. The van der Waals surface area contributed by atoms with Gasteiger partial charge in [0.25, 0.3) is 0 Å². The Labute approximate surface area is 173 Å². The van der Waals surface area contributed by atoms with E-state index >= 15 is 0 Å². The molecule has 0 aromatic heterocycles. The number of Topliss-reactive ketones (excluding diaryl/α,β-unsaturated/α-hetero) is 1. The highest BCUT2D eigenvalue weighted by Gasteiger charge is 2.28. The number of esters is 1. The van der Waals surface area contributed by atoms with Crippen LogP contribution in [0.4, 0.5) is 10.1 Å². The first-order valence-electron chi connectivity index (χ1n) is 9.24. The Kier molecular flexibility index (Phi) is 5.06. The Morgan fingerprint density at radius 3 is 2.37 bits per heavy atom. The molecule has 0 bridgehead atoms.